The highest BCUT2D eigenvalue weighted by Crippen LogP contribution is 2.23. The molecule has 0 fully saturated rings. The monoisotopic (exact) mass is 931 g/mol. The number of nitrogens with two attached hydrogens (primary N) is 3. The summed E-state index contributed by atoms with van der Waals surface area (Å²) in [4.78, 5) is 89.2. The van der Waals surface area contributed by atoms with E-state index in [2.05, 4.69) is 4.74 Å². The zero-order valence-electron chi connectivity index (χ0n) is 35.7. The van der Waals surface area contributed by atoms with Crippen LogP contribution in [0.2, 0.25) is 0 Å². The lowest BCUT2D eigenvalue weighted by Gasteiger charge is -2.09. The Morgan fingerprint density at radius 1 is 0.418 bits per heavy atom. The van der Waals surface area contributed by atoms with Gasteiger partial charge < -0.3 is 51.1 Å². The number of rotatable bonds is 11. The number of aromatic carboxylic acids is 1. The van der Waals surface area contributed by atoms with Crippen molar-refractivity contribution in [2.45, 2.75) is 20.8 Å². The molecule has 0 saturated carbocycles. The van der Waals surface area contributed by atoms with Crippen LogP contribution in [0, 0.1) is 0 Å². The standard InChI is InChI=1S/C16H13NO5.C16H13NO4S.C9H8O4.C7H7NO2/c1-10(18)21-14-5-3-2-4-13(14)16(20)22-12-8-6-11(7-9-12)15(17)19;1-10(18)20-14-5-3-2-4-13(14)16(19)21-12-8-6-11(7-9-12)15(17)22;1-6(10)13-8-5-3-2-4-7(8)9(11)12;8-7(10)5-1-3-6(9)4-2-5/h2-9H,1H3,(H2,17,19);2-9H,1H3,(H2,17,22);2-5H,1H3,(H,11,12);1-4,9H,(H2,8,10). The molecule has 8 N–H and O–H groups in total. The molecule has 0 aliphatic heterocycles. The van der Waals surface area contributed by atoms with E-state index >= 15 is 0 Å². The molecule has 0 heterocycles. The van der Waals surface area contributed by atoms with E-state index in [1.165, 1.54) is 106 Å². The molecule has 0 aliphatic carbocycles. The molecule has 18 nitrogen and oxygen atoms in total. The van der Waals surface area contributed by atoms with Crippen LogP contribution in [0.4, 0.5) is 0 Å². The predicted octanol–water partition coefficient (Wildman–Crippen LogP) is 6.20. The summed E-state index contributed by atoms with van der Waals surface area (Å²) in [6, 6.07) is 36.6. The number of carboxylic acid groups (broad SMARTS) is 1. The number of phenolic OH excluding ortho intramolecular Hbond substituents is 1. The number of carboxylic acids is 1. The predicted molar refractivity (Wildman–Crippen MR) is 244 cm³/mol. The molecule has 0 saturated heterocycles. The van der Waals surface area contributed by atoms with Crippen molar-refractivity contribution >= 4 is 64.8 Å². The van der Waals surface area contributed by atoms with Crippen molar-refractivity contribution in [1.29, 1.82) is 0 Å². The minimum absolute atomic E-state index is 0.0160. The van der Waals surface area contributed by atoms with Crippen molar-refractivity contribution in [1.82, 2.24) is 0 Å². The van der Waals surface area contributed by atoms with Gasteiger partial charge in [0.1, 0.15) is 56.2 Å². The summed E-state index contributed by atoms with van der Waals surface area (Å²) in [5.41, 5.74) is 17.2. The highest BCUT2D eigenvalue weighted by molar-refractivity contribution is 7.80. The summed E-state index contributed by atoms with van der Waals surface area (Å²) in [5, 5.41) is 17.5. The minimum Gasteiger partial charge on any atom is -0.508 e. The Morgan fingerprint density at radius 3 is 1.03 bits per heavy atom. The van der Waals surface area contributed by atoms with Gasteiger partial charge in [-0.1, -0.05) is 48.6 Å². The van der Waals surface area contributed by atoms with Crippen molar-refractivity contribution in [3.05, 3.63) is 179 Å². The SMILES string of the molecule is CC(=O)Oc1ccccc1C(=O)O.CC(=O)Oc1ccccc1C(=O)Oc1ccc(C(N)=O)cc1.CC(=O)Oc1ccccc1C(=O)Oc1ccc(C(N)=S)cc1.NC(=O)c1ccc(O)cc1. The number of esters is 5. The van der Waals surface area contributed by atoms with Gasteiger partial charge in [-0.05, 0) is 109 Å². The molecule has 0 bridgehead atoms. The number of aromatic hydroxyl groups is 1. The smallest absolute Gasteiger partial charge is 0.347 e. The molecular weight excluding hydrogens is 891 g/mol. The highest BCUT2D eigenvalue weighted by Gasteiger charge is 2.18. The van der Waals surface area contributed by atoms with E-state index in [1.54, 1.807) is 60.7 Å². The first kappa shape index (κ1) is 52.1. The minimum atomic E-state index is -1.11. The van der Waals surface area contributed by atoms with Crippen LogP contribution < -0.4 is 40.9 Å². The number of benzene rings is 6. The second-order valence-electron chi connectivity index (χ2n) is 13.0. The normalized spacial score (nSPS) is 9.66. The Balaban J connectivity index is 0.000000248. The van der Waals surface area contributed by atoms with Crippen molar-refractivity contribution in [2.24, 2.45) is 17.2 Å². The number of primary amides is 2. The van der Waals surface area contributed by atoms with Gasteiger partial charge in [-0.2, -0.15) is 0 Å². The third-order valence-corrected chi connectivity index (χ3v) is 8.18. The number of thiocarbonyl (C=S) groups is 1. The lowest BCUT2D eigenvalue weighted by atomic mass is 10.2. The van der Waals surface area contributed by atoms with Gasteiger partial charge >= 0.3 is 35.8 Å². The number of phenols is 1. The molecule has 0 aromatic heterocycles. The molecule has 0 radical (unpaired) electrons. The first-order valence-electron chi connectivity index (χ1n) is 19.1. The Labute approximate surface area is 387 Å². The van der Waals surface area contributed by atoms with Gasteiger partial charge in [0.15, 0.2) is 0 Å². The highest BCUT2D eigenvalue weighted by atomic mass is 32.1. The number of hydrogen-bond acceptors (Lipinski definition) is 15. The number of carbonyl (C=O) groups is 8. The van der Waals surface area contributed by atoms with Gasteiger partial charge in [0, 0.05) is 37.5 Å². The van der Waals surface area contributed by atoms with Gasteiger partial charge in [-0.25, -0.2) is 14.4 Å². The van der Waals surface area contributed by atoms with E-state index in [4.69, 9.17) is 58.6 Å². The maximum absolute atomic E-state index is 12.2. The molecule has 0 spiro atoms. The molecule has 6 aromatic carbocycles. The molecule has 0 unspecified atom stereocenters. The third-order valence-electron chi connectivity index (χ3n) is 7.94. The molecular formula is C48H41N3O15S. The Morgan fingerprint density at radius 2 is 0.716 bits per heavy atom. The van der Waals surface area contributed by atoms with Crippen molar-refractivity contribution < 1.29 is 72.3 Å². The molecule has 2 amide bonds. The fourth-order valence-electron chi connectivity index (χ4n) is 4.97. The zero-order chi connectivity index (χ0) is 49.6. The summed E-state index contributed by atoms with van der Waals surface area (Å²) in [6.45, 7) is 3.72. The maximum Gasteiger partial charge on any atom is 0.347 e. The van der Waals surface area contributed by atoms with Crippen LogP contribution in [0.1, 0.15) is 78.1 Å². The van der Waals surface area contributed by atoms with E-state index in [1.807, 2.05) is 0 Å². The van der Waals surface area contributed by atoms with Gasteiger partial charge in [0.25, 0.3) is 0 Å². The summed E-state index contributed by atoms with van der Waals surface area (Å²) in [7, 11) is 0. The van der Waals surface area contributed by atoms with Gasteiger partial charge in [0.2, 0.25) is 11.8 Å². The van der Waals surface area contributed by atoms with Crippen molar-refractivity contribution in [3.63, 3.8) is 0 Å². The van der Waals surface area contributed by atoms with Crippen LogP contribution in [0.15, 0.2) is 146 Å². The second kappa shape index (κ2) is 25.8. The first-order valence-corrected chi connectivity index (χ1v) is 19.5. The summed E-state index contributed by atoms with van der Waals surface area (Å²) in [6.07, 6.45) is 0. The fourth-order valence-corrected chi connectivity index (χ4v) is 5.11. The number of para-hydroxylation sites is 3. The maximum atomic E-state index is 12.2. The first-order chi connectivity index (χ1) is 31.7. The largest absolute Gasteiger partial charge is 0.508 e. The van der Waals surface area contributed by atoms with Gasteiger partial charge in [0.05, 0.1) is 0 Å². The lowest BCUT2D eigenvalue weighted by Crippen LogP contribution is -2.13. The Kier molecular flexibility index (Phi) is 20.0. The molecule has 0 aliphatic rings. The van der Waals surface area contributed by atoms with Crippen LogP contribution in [0.5, 0.6) is 34.5 Å². The average Bonchev–Trinajstić information content (AvgIpc) is 3.27. The Bertz CT molecular complexity index is 2630. The third kappa shape index (κ3) is 17.8. The number of ether oxygens (including phenoxy) is 5. The topological polar surface area (TPSA) is 301 Å². The number of hydrogen-bond donors (Lipinski definition) is 5. The van der Waals surface area contributed by atoms with E-state index < -0.39 is 47.6 Å². The molecule has 0 atom stereocenters. The average molecular weight is 932 g/mol. The lowest BCUT2D eigenvalue weighted by molar-refractivity contribution is -0.132. The summed E-state index contributed by atoms with van der Waals surface area (Å²) < 4.78 is 25.0. The molecule has 6 rings (SSSR count). The van der Waals surface area contributed by atoms with E-state index in [9.17, 15) is 38.4 Å². The van der Waals surface area contributed by atoms with Gasteiger partial charge in [-0.3, -0.25) is 24.0 Å². The van der Waals surface area contributed by atoms with E-state index in [-0.39, 0.29) is 50.4 Å². The van der Waals surface area contributed by atoms with E-state index in [0.29, 0.717) is 22.4 Å². The van der Waals surface area contributed by atoms with Gasteiger partial charge in [-0.15, -0.1) is 0 Å². The van der Waals surface area contributed by atoms with Crippen LogP contribution in [0.25, 0.3) is 0 Å². The summed E-state index contributed by atoms with van der Waals surface area (Å²) >= 11 is 4.85. The number of carbonyl (C=O) groups excluding carboxylic acids is 7. The van der Waals surface area contributed by atoms with Crippen LogP contribution >= 0.6 is 12.2 Å². The zero-order valence-corrected chi connectivity index (χ0v) is 36.5. The molecule has 6 aromatic rings. The fraction of sp³-hybridized carbons (Fsp3) is 0.0625. The quantitative estimate of drug-likeness (QED) is 0.0549. The second-order valence-corrected chi connectivity index (χ2v) is 13.5. The van der Waals surface area contributed by atoms with Crippen LogP contribution in [0.3, 0.4) is 0 Å². The van der Waals surface area contributed by atoms with Crippen molar-refractivity contribution in [3.8, 4) is 34.5 Å². The summed E-state index contributed by atoms with van der Waals surface area (Å²) in [5.74, 6) is -4.00. The molecule has 19 heteroatoms. The number of amides is 2. The molecule has 67 heavy (non-hydrogen) atoms. The van der Waals surface area contributed by atoms with E-state index in [0.717, 1.165) is 0 Å². The molecule has 344 valence electrons. The van der Waals surface area contributed by atoms with Crippen molar-refractivity contribution in [2.75, 3.05) is 0 Å². The van der Waals surface area contributed by atoms with Crippen LogP contribution in [-0.4, -0.2) is 62.8 Å². The Hall–Kier alpha value is -9.23. The van der Waals surface area contributed by atoms with Crippen LogP contribution in [-0.2, 0) is 14.4 Å².